The predicted octanol–water partition coefficient (Wildman–Crippen LogP) is 4.95. The summed E-state index contributed by atoms with van der Waals surface area (Å²) in [5.41, 5.74) is 4.22. The van der Waals surface area contributed by atoms with Crippen molar-refractivity contribution in [1.29, 1.82) is 0 Å². The summed E-state index contributed by atoms with van der Waals surface area (Å²) < 4.78 is 1.16. The van der Waals surface area contributed by atoms with Crippen LogP contribution in [-0.2, 0) is 0 Å². The van der Waals surface area contributed by atoms with Crippen LogP contribution in [0.5, 0.6) is 0 Å². The number of piperazine rings is 1. The summed E-state index contributed by atoms with van der Waals surface area (Å²) in [5, 5.41) is 0. The average Bonchev–Trinajstić information content (AvgIpc) is 2.95. The minimum Gasteiger partial charge on any atom is -0.368 e. The van der Waals surface area contributed by atoms with Gasteiger partial charge in [-0.05, 0) is 56.9 Å². The molecule has 2 atom stereocenters. The number of fused-ring (bicyclic) bond motifs is 4. The summed E-state index contributed by atoms with van der Waals surface area (Å²) in [7, 11) is 0. The predicted molar refractivity (Wildman–Crippen MR) is 123 cm³/mol. The molecule has 2 fully saturated rings. The topological polar surface area (TPSA) is 36.4 Å². The van der Waals surface area contributed by atoms with Gasteiger partial charge in [0, 0.05) is 48.5 Å². The fourth-order valence-corrected chi connectivity index (χ4v) is 6.31. The lowest BCUT2D eigenvalue weighted by Crippen LogP contribution is -2.56. The van der Waals surface area contributed by atoms with E-state index in [0.29, 0.717) is 18.1 Å². The molecule has 0 radical (unpaired) electrons. The molecule has 4 aliphatic rings. The minimum atomic E-state index is 0.127. The van der Waals surface area contributed by atoms with E-state index >= 15 is 0 Å². The van der Waals surface area contributed by atoms with Crippen LogP contribution in [0.4, 0.5) is 5.69 Å². The number of hydrogen-bond donors (Lipinski definition) is 0. The molecule has 0 unspecified atom stereocenters. The Morgan fingerprint density at radius 2 is 1.76 bits per heavy atom. The molecule has 5 heteroatoms. The van der Waals surface area contributed by atoms with Crippen LogP contribution in [0.3, 0.4) is 0 Å². The Labute approximate surface area is 176 Å². The highest BCUT2D eigenvalue weighted by molar-refractivity contribution is 7.21. The number of hydrogen-bond acceptors (Lipinski definition) is 5. The molecule has 0 N–H and O–H groups in total. The van der Waals surface area contributed by atoms with Crippen molar-refractivity contribution in [3.8, 4) is 10.6 Å². The van der Waals surface area contributed by atoms with Crippen LogP contribution in [-0.4, -0.2) is 41.1 Å². The van der Waals surface area contributed by atoms with Gasteiger partial charge >= 0.3 is 0 Å². The molecule has 1 aliphatic carbocycles. The molecule has 1 aromatic carbocycles. The van der Waals surface area contributed by atoms with Crippen LogP contribution in [0.15, 0.2) is 35.1 Å². The van der Waals surface area contributed by atoms with Crippen LogP contribution in [0, 0.1) is 0 Å². The summed E-state index contributed by atoms with van der Waals surface area (Å²) >= 11 is 1.69. The molecule has 0 amide bonds. The number of benzene rings is 2. The molecule has 1 aromatic rings. The van der Waals surface area contributed by atoms with Crippen molar-refractivity contribution in [3.63, 3.8) is 0 Å². The Morgan fingerprint density at radius 3 is 2.41 bits per heavy atom. The first-order chi connectivity index (χ1) is 13.9. The van der Waals surface area contributed by atoms with E-state index in [0.717, 1.165) is 39.4 Å². The molecule has 0 spiro atoms. The molecule has 3 aliphatic heterocycles. The average molecular weight is 408 g/mol. The van der Waals surface area contributed by atoms with Crippen molar-refractivity contribution in [3.05, 3.63) is 46.1 Å². The summed E-state index contributed by atoms with van der Waals surface area (Å²) in [5.74, 6) is 0.219. The zero-order valence-corrected chi connectivity index (χ0v) is 18.5. The van der Waals surface area contributed by atoms with Crippen LogP contribution < -0.4 is 10.3 Å². The largest absolute Gasteiger partial charge is 0.368 e. The first-order valence-electron chi connectivity index (χ1n) is 10.8. The Balaban J connectivity index is 1.51. The molecule has 5 rings (SSSR count). The van der Waals surface area contributed by atoms with Gasteiger partial charge in [-0.1, -0.05) is 13.8 Å². The normalized spacial score (nSPS) is 22.5. The highest BCUT2D eigenvalue weighted by atomic mass is 32.1. The SMILES string of the molecule is CC(C)c1cc2nc3ccc(N4C[C@H]5CC[C@@H](C4)N5C(C)C)cc3sc-2cc1=O. The van der Waals surface area contributed by atoms with E-state index in [1.807, 2.05) is 6.07 Å². The summed E-state index contributed by atoms with van der Waals surface area (Å²) in [4.78, 5) is 23.6. The van der Waals surface area contributed by atoms with Crippen molar-refractivity contribution in [2.24, 2.45) is 0 Å². The van der Waals surface area contributed by atoms with E-state index in [4.69, 9.17) is 4.98 Å². The molecular formula is C24H29N3OS. The van der Waals surface area contributed by atoms with E-state index in [1.54, 1.807) is 17.4 Å². The third-order valence-electron chi connectivity index (χ3n) is 6.62. The third kappa shape index (κ3) is 3.24. The van der Waals surface area contributed by atoms with Gasteiger partial charge in [-0.15, -0.1) is 11.3 Å². The monoisotopic (exact) mass is 407 g/mol. The third-order valence-corrected chi connectivity index (χ3v) is 7.71. The molecule has 2 bridgehead atoms. The fourth-order valence-electron chi connectivity index (χ4n) is 5.30. The van der Waals surface area contributed by atoms with Gasteiger partial charge in [0.05, 0.1) is 20.8 Å². The van der Waals surface area contributed by atoms with E-state index in [2.05, 4.69) is 55.7 Å². The lowest BCUT2D eigenvalue weighted by molar-refractivity contribution is 0.129. The summed E-state index contributed by atoms with van der Waals surface area (Å²) in [6.07, 6.45) is 2.62. The van der Waals surface area contributed by atoms with Crippen molar-refractivity contribution in [2.75, 3.05) is 18.0 Å². The van der Waals surface area contributed by atoms with Crippen molar-refractivity contribution in [2.45, 2.75) is 64.6 Å². The summed E-state index contributed by atoms with van der Waals surface area (Å²) in [6, 6.07) is 12.4. The quantitative estimate of drug-likeness (QED) is 0.576. The van der Waals surface area contributed by atoms with Gasteiger partial charge in [-0.3, -0.25) is 9.69 Å². The second-order valence-corrected chi connectivity index (χ2v) is 10.3. The van der Waals surface area contributed by atoms with E-state index in [-0.39, 0.29) is 11.3 Å². The van der Waals surface area contributed by atoms with Gasteiger partial charge in [0.15, 0.2) is 5.43 Å². The van der Waals surface area contributed by atoms with E-state index < -0.39 is 0 Å². The second-order valence-electron chi connectivity index (χ2n) is 9.21. The first-order valence-corrected chi connectivity index (χ1v) is 11.6. The van der Waals surface area contributed by atoms with Crippen LogP contribution >= 0.6 is 11.3 Å². The van der Waals surface area contributed by atoms with Crippen LogP contribution in [0.1, 0.15) is 52.0 Å². The smallest absolute Gasteiger partial charge is 0.183 e. The van der Waals surface area contributed by atoms with Crippen molar-refractivity contribution in [1.82, 2.24) is 9.88 Å². The molecule has 2 saturated heterocycles. The molecule has 4 nitrogen and oxygen atoms in total. The number of aromatic nitrogens is 1. The Morgan fingerprint density at radius 1 is 1.03 bits per heavy atom. The lowest BCUT2D eigenvalue weighted by Gasteiger charge is -2.44. The number of rotatable bonds is 3. The Hall–Kier alpha value is -1.98. The fraction of sp³-hybridized carbons (Fsp3) is 0.500. The zero-order chi connectivity index (χ0) is 20.3. The lowest BCUT2D eigenvalue weighted by atomic mass is 10.0. The molecule has 0 saturated carbocycles. The number of anilines is 1. The Kier molecular flexibility index (Phi) is 4.63. The Bertz CT molecular complexity index is 1080. The zero-order valence-electron chi connectivity index (χ0n) is 17.7. The first kappa shape index (κ1) is 19.0. The molecular weight excluding hydrogens is 378 g/mol. The maximum atomic E-state index is 12.5. The maximum absolute atomic E-state index is 12.5. The van der Waals surface area contributed by atoms with E-state index in [1.165, 1.54) is 18.5 Å². The summed E-state index contributed by atoms with van der Waals surface area (Å²) in [6.45, 7) is 11.0. The van der Waals surface area contributed by atoms with Crippen molar-refractivity contribution < 1.29 is 0 Å². The highest BCUT2D eigenvalue weighted by Gasteiger charge is 2.41. The van der Waals surface area contributed by atoms with E-state index in [9.17, 15) is 4.79 Å². The molecule has 3 heterocycles. The van der Waals surface area contributed by atoms with Crippen molar-refractivity contribution >= 4 is 27.2 Å². The van der Waals surface area contributed by atoms with Gasteiger partial charge in [0.1, 0.15) is 0 Å². The molecule has 0 aromatic heterocycles. The van der Waals surface area contributed by atoms with Gasteiger partial charge in [-0.2, -0.15) is 0 Å². The highest BCUT2D eigenvalue weighted by Crippen LogP contribution is 2.37. The standard InChI is InChI=1S/C24H29N3OS/c1-14(2)19-10-21-24(11-22(19)28)29-23-9-16(7-8-20(23)25-21)26-12-17-5-6-18(13-26)27(17)15(3)4/h7-11,14-15,17-18H,5-6,12-13H2,1-4H3/t17-,18+. The maximum Gasteiger partial charge on any atom is 0.183 e. The minimum absolute atomic E-state index is 0.127. The second kappa shape index (κ2) is 7.06. The molecule has 152 valence electrons. The van der Waals surface area contributed by atoms with Gasteiger partial charge in [0.25, 0.3) is 0 Å². The van der Waals surface area contributed by atoms with Gasteiger partial charge in [-0.25, -0.2) is 4.98 Å². The van der Waals surface area contributed by atoms with Gasteiger partial charge < -0.3 is 4.90 Å². The van der Waals surface area contributed by atoms with Gasteiger partial charge in [0.2, 0.25) is 0 Å². The number of nitrogens with zero attached hydrogens (tertiary/aromatic N) is 3. The van der Waals surface area contributed by atoms with Crippen LogP contribution in [0.2, 0.25) is 0 Å². The molecule has 29 heavy (non-hydrogen) atoms. The van der Waals surface area contributed by atoms with Crippen LogP contribution in [0.25, 0.3) is 20.8 Å².